The molecular weight excluding hydrogens is 264 g/mol. The Morgan fingerprint density at radius 3 is 2.74 bits per heavy atom. The van der Waals surface area contributed by atoms with Gasteiger partial charge in [-0.25, -0.2) is 15.0 Å². The fourth-order valence-corrected chi connectivity index (χ4v) is 1.87. The quantitative estimate of drug-likeness (QED) is 0.852. The van der Waals surface area contributed by atoms with Crippen LogP contribution in [0, 0.1) is 13.8 Å². The molecule has 102 valence electrons. The molecule has 0 saturated heterocycles. The maximum absolute atomic E-state index is 6.11. The van der Waals surface area contributed by atoms with Gasteiger partial charge in [0.2, 0.25) is 5.89 Å². The van der Waals surface area contributed by atoms with Gasteiger partial charge in [0.1, 0.15) is 22.6 Å². The van der Waals surface area contributed by atoms with Crippen molar-refractivity contribution in [3.05, 3.63) is 34.4 Å². The molecule has 0 amide bonds. The van der Waals surface area contributed by atoms with E-state index < -0.39 is 0 Å². The molecule has 0 atom stereocenters. The molecule has 0 saturated carbocycles. The van der Waals surface area contributed by atoms with Crippen molar-refractivity contribution in [1.82, 2.24) is 15.0 Å². The van der Waals surface area contributed by atoms with Crippen LogP contribution in [0.3, 0.4) is 0 Å². The van der Waals surface area contributed by atoms with Gasteiger partial charge in [0.25, 0.3) is 0 Å². The number of rotatable bonds is 5. The summed E-state index contributed by atoms with van der Waals surface area (Å²) in [6.07, 6.45) is 3.49. The zero-order valence-corrected chi connectivity index (χ0v) is 12.1. The molecule has 0 bridgehead atoms. The van der Waals surface area contributed by atoms with Gasteiger partial charge in [-0.3, -0.25) is 0 Å². The van der Waals surface area contributed by atoms with E-state index in [-0.39, 0.29) is 0 Å². The molecule has 19 heavy (non-hydrogen) atoms. The third kappa shape index (κ3) is 3.44. The summed E-state index contributed by atoms with van der Waals surface area (Å²) in [6, 6.07) is 0. The molecule has 2 heterocycles. The molecule has 0 aliphatic rings. The van der Waals surface area contributed by atoms with Gasteiger partial charge in [-0.2, -0.15) is 0 Å². The first kappa shape index (κ1) is 13.8. The molecule has 0 aliphatic carbocycles. The van der Waals surface area contributed by atoms with Crippen molar-refractivity contribution in [2.45, 2.75) is 40.2 Å². The summed E-state index contributed by atoms with van der Waals surface area (Å²) in [5.74, 6) is 2.91. The molecule has 6 heteroatoms. The number of aryl methyl sites for hydroxylation is 2. The number of hydrogen-bond acceptors (Lipinski definition) is 5. The summed E-state index contributed by atoms with van der Waals surface area (Å²) in [6.45, 7) is 6.32. The lowest BCUT2D eigenvalue weighted by Gasteiger charge is -2.09. The Labute approximate surface area is 117 Å². The van der Waals surface area contributed by atoms with Gasteiger partial charge >= 0.3 is 0 Å². The predicted octanol–water partition coefficient (Wildman–Crippen LogP) is 3.30. The first-order valence-electron chi connectivity index (χ1n) is 6.28. The van der Waals surface area contributed by atoms with Gasteiger partial charge in [0.05, 0.1) is 12.7 Å². The monoisotopic (exact) mass is 280 g/mol. The topological polar surface area (TPSA) is 63.8 Å². The second kappa shape index (κ2) is 6.02. The fraction of sp³-hybridized carbons (Fsp3) is 0.462. The van der Waals surface area contributed by atoms with Crippen LogP contribution in [-0.2, 0) is 13.0 Å². The molecule has 0 aliphatic heterocycles. The summed E-state index contributed by atoms with van der Waals surface area (Å²) < 4.78 is 5.40. The van der Waals surface area contributed by atoms with Crippen molar-refractivity contribution in [1.29, 1.82) is 0 Å². The van der Waals surface area contributed by atoms with Gasteiger partial charge in [0, 0.05) is 12.0 Å². The predicted molar refractivity (Wildman–Crippen MR) is 74.3 cm³/mol. The zero-order valence-electron chi connectivity index (χ0n) is 11.3. The van der Waals surface area contributed by atoms with E-state index >= 15 is 0 Å². The van der Waals surface area contributed by atoms with Crippen molar-refractivity contribution in [2.24, 2.45) is 0 Å². The Morgan fingerprint density at radius 2 is 2.11 bits per heavy atom. The number of halogens is 1. The summed E-state index contributed by atoms with van der Waals surface area (Å²) in [5, 5.41) is 3.68. The molecule has 2 rings (SSSR count). The van der Waals surface area contributed by atoms with Crippen LogP contribution in [0.5, 0.6) is 0 Å². The highest BCUT2D eigenvalue weighted by Crippen LogP contribution is 2.21. The van der Waals surface area contributed by atoms with Crippen LogP contribution < -0.4 is 5.32 Å². The number of hydrogen-bond donors (Lipinski definition) is 1. The van der Waals surface area contributed by atoms with Crippen molar-refractivity contribution in [3.8, 4) is 0 Å². The van der Waals surface area contributed by atoms with Crippen LogP contribution in [0.1, 0.15) is 36.4 Å². The Balaban J connectivity index is 2.14. The molecule has 0 fully saturated rings. The number of anilines is 1. The van der Waals surface area contributed by atoms with Crippen LogP contribution in [-0.4, -0.2) is 15.0 Å². The number of nitrogens with zero attached hydrogens (tertiary/aromatic N) is 3. The van der Waals surface area contributed by atoms with E-state index in [2.05, 4.69) is 27.2 Å². The largest absolute Gasteiger partial charge is 0.444 e. The average Bonchev–Trinajstić information content (AvgIpc) is 2.78. The highest BCUT2D eigenvalue weighted by molar-refractivity contribution is 6.30. The maximum Gasteiger partial charge on any atom is 0.213 e. The molecule has 0 spiro atoms. The zero-order chi connectivity index (χ0) is 13.8. The Morgan fingerprint density at radius 1 is 1.32 bits per heavy atom. The summed E-state index contributed by atoms with van der Waals surface area (Å²) in [7, 11) is 0. The number of aromatic nitrogens is 3. The van der Waals surface area contributed by atoms with Crippen LogP contribution in [0.25, 0.3) is 0 Å². The van der Waals surface area contributed by atoms with Gasteiger partial charge in [0.15, 0.2) is 0 Å². The summed E-state index contributed by atoms with van der Waals surface area (Å²) in [4.78, 5) is 12.9. The van der Waals surface area contributed by atoms with Gasteiger partial charge in [-0.15, -0.1) is 0 Å². The summed E-state index contributed by atoms with van der Waals surface area (Å²) >= 11 is 6.11. The van der Waals surface area contributed by atoms with Gasteiger partial charge < -0.3 is 9.73 Å². The van der Waals surface area contributed by atoms with Gasteiger partial charge in [-0.1, -0.05) is 18.5 Å². The Kier molecular flexibility index (Phi) is 4.37. The number of nitrogens with one attached hydrogen (secondary N) is 1. The SMILES string of the molecule is CCCc1nc(Cl)c(C)c(NCc2ncc(C)o2)n1. The van der Waals surface area contributed by atoms with E-state index in [4.69, 9.17) is 16.0 Å². The first-order valence-corrected chi connectivity index (χ1v) is 6.66. The smallest absolute Gasteiger partial charge is 0.213 e. The molecule has 0 aromatic carbocycles. The minimum Gasteiger partial charge on any atom is -0.444 e. The molecule has 1 N–H and O–H groups in total. The lowest BCUT2D eigenvalue weighted by molar-refractivity contribution is 0.478. The van der Waals surface area contributed by atoms with Crippen molar-refractivity contribution < 1.29 is 4.42 Å². The third-order valence-corrected chi connectivity index (χ3v) is 3.05. The Hall–Kier alpha value is -1.62. The van der Waals surface area contributed by atoms with E-state index in [0.29, 0.717) is 17.6 Å². The third-order valence-electron chi connectivity index (χ3n) is 2.68. The van der Waals surface area contributed by atoms with Crippen molar-refractivity contribution >= 4 is 17.4 Å². The lowest BCUT2D eigenvalue weighted by Crippen LogP contribution is -2.07. The van der Waals surface area contributed by atoms with Crippen molar-refractivity contribution in [3.63, 3.8) is 0 Å². The summed E-state index contributed by atoms with van der Waals surface area (Å²) in [5.41, 5.74) is 0.838. The molecule has 2 aromatic rings. The second-order valence-electron chi connectivity index (χ2n) is 4.37. The minimum atomic E-state index is 0.480. The standard InChI is InChI=1S/C13H17ClN4O/c1-4-5-10-17-12(14)9(3)13(18-10)16-7-11-15-6-8(2)19-11/h6H,4-5,7H2,1-3H3,(H,16,17,18). The van der Waals surface area contributed by atoms with E-state index in [1.165, 1.54) is 0 Å². The lowest BCUT2D eigenvalue weighted by atomic mass is 10.3. The average molecular weight is 281 g/mol. The highest BCUT2D eigenvalue weighted by atomic mass is 35.5. The fourth-order valence-electron chi connectivity index (χ4n) is 1.68. The number of oxazole rings is 1. The van der Waals surface area contributed by atoms with Crippen LogP contribution in [0.15, 0.2) is 10.6 Å². The molecule has 0 unspecified atom stereocenters. The molecule has 0 radical (unpaired) electrons. The normalized spacial score (nSPS) is 10.7. The van der Waals surface area contributed by atoms with Crippen LogP contribution >= 0.6 is 11.6 Å². The van der Waals surface area contributed by atoms with Crippen LogP contribution in [0.2, 0.25) is 5.15 Å². The highest BCUT2D eigenvalue weighted by Gasteiger charge is 2.10. The minimum absolute atomic E-state index is 0.480. The van der Waals surface area contributed by atoms with Crippen LogP contribution in [0.4, 0.5) is 5.82 Å². The molecule has 2 aromatic heterocycles. The van der Waals surface area contributed by atoms with Crippen molar-refractivity contribution in [2.75, 3.05) is 5.32 Å². The molecular formula is C13H17ClN4O. The Bertz CT molecular complexity index is 568. The van der Waals surface area contributed by atoms with E-state index in [1.807, 2.05) is 13.8 Å². The molecule has 5 nitrogen and oxygen atoms in total. The second-order valence-corrected chi connectivity index (χ2v) is 4.73. The maximum atomic E-state index is 6.11. The van der Waals surface area contributed by atoms with Gasteiger partial charge in [-0.05, 0) is 20.3 Å². The van der Waals surface area contributed by atoms with E-state index in [9.17, 15) is 0 Å². The first-order chi connectivity index (χ1) is 9.10. The van der Waals surface area contributed by atoms with E-state index in [0.717, 1.165) is 35.8 Å². The van der Waals surface area contributed by atoms with E-state index in [1.54, 1.807) is 6.20 Å².